The van der Waals surface area contributed by atoms with Crippen LogP contribution in [-0.2, 0) is 20.6 Å². The Balaban J connectivity index is 1.59. The van der Waals surface area contributed by atoms with Crippen LogP contribution in [-0.4, -0.2) is 54.6 Å². The lowest BCUT2D eigenvalue weighted by molar-refractivity contribution is -0.385. The van der Waals surface area contributed by atoms with Crippen molar-refractivity contribution in [3.05, 3.63) is 81.9 Å². The highest BCUT2D eigenvalue weighted by atomic mass is 32.2. The number of nitro groups is 1. The molecule has 9 heteroatoms. The molecule has 0 radical (unpaired) electrons. The lowest BCUT2D eigenvalue weighted by Gasteiger charge is -2.33. The summed E-state index contributed by atoms with van der Waals surface area (Å²) in [5, 5.41) is 11.0. The summed E-state index contributed by atoms with van der Waals surface area (Å²) >= 11 is 0. The number of sulfonamides is 1. The Bertz CT molecular complexity index is 1010. The smallest absolute Gasteiger partial charge is 0.276 e. The molecule has 1 aliphatic rings. The van der Waals surface area contributed by atoms with Crippen molar-refractivity contribution in [3.8, 4) is 0 Å². The molecular formula is C20H21N3O5S. The van der Waals surface area contributed by atoms with Crippen LogP contribution < -0.4 is 0 Å². The minimum Gasteiger partial charge on any atom is -0.337 e. The van der Waals surface area contributed by atoms with Crippen LogP contribution in [0.3, 0.4) is 0 Å². The van der Waals surface area contributed by atoms with Gasteiger partial charge >= 0.3 is 0 Å². The van der Waals surface area contributed by atoms with Crippen LogP contribution in [0.4, 0.5) is 5.69 Å². The summed E-state index contributed by atoms with van der Waals surface area (Å²) in [6, 6.07) is 15.1. The third-order valence-corrected chi connectivity index (χ3v) is 6.52. The predicted octanol–water partition coefficient (Wildman–Crippen LogP) is 2.28. The predicted molar refractivity (Wildman–Crippen MR) is 109 cm³/mol. The second-order valence-corrected chi connectivity index (χ2v) is 8.58. The highest BCUT2D eigenvalue weighted by Crippen LogP contribution is 2.19. The molecule has 0 unspecified atom stereocenters. The van der Waals surface area contributed by atoms with Gasteiger partial charge in [-0.25, -0.2) is 8.42 Å². The first kappa shape index (κ1) is 20.7. The zero-order chi connectivity index (χ0) is 20.9. The number of piperazine rings is 1. The fourth-order valence-corrected chi connectivity index (χ4v) is 4.64. The number of nitro benzene ring substituents is 1. The molecular weight excluding hydrogens is 394 g/mol. The van der Waals surface area contributed by atoms with Gasteiger partial charge in [0.05, 0.1) is 16.2 Å². The Morgan fingerprint density at radius 1 is 1.00 bits per heavy atom. The van der Waals surface area contributed by atoms with Gasteiger partial charge in [-0.15, -0.1) is 0 Å². The standard InChI is InChI=1S/C20H21N3O5S/c24-20(11-10-18-8-4-5-9-19(18)23(25)26)21-12-14-22(15-13-21)29(27,28)16-17-6-2-1-3-7-17/h1-11H,12-16H2/b11-10+. The zero-order valence-corrected chi connectivity index (χ0v) is 16.5. The molecule has 1 fully saturated rings. The molecule has 0 aliphatic carbocycles. The number of hydrogen-bond donors (Lipinski definition) is 0. The second-order valence-electron chi connectivity index (χ2n) is 6.62. The maximum Gasteiger partial charge on any atom is 0.276 e. The van der Waals surface area contributed by atoms with Gasteiger partial charge in [0.15, 0.2) is 0 Å². The average molecular weight is 415 g/mol. The molecule has 1 saturated heterocycles. The van der Waals surface area contributed by atoms with Gasteiger partial charge in [0.25, 0.3) is 5.69 Å². The lowest BCUT2D eigenvalue weighted by Crippen LogP contribution is -2.50. The summed E-state index contributed by atoms with van der Waals surface area (Å²) < 4.78 is 26.6. The van der Waals surface area contributed by atoms with Crippen LogP contribution in [0.25, 0.3) is 6.08 Å². The summed E-state index contributed by atoms with van der Waals surface area (Å²) in [6.07, 6.45) is 2.70. The van der Waals surface area contributed by atoms with Crippen LogP contribution in [0.2, 0.25) is 0 Å². The molecule has 0 bridgehead atoms. The Morgan fingerprint density at radius 3 is 2.28 bits per heavy atom. The normalized spacial score (nSPS) is 15.5. The van der Waals surface area contributed by atoms with Crippen molar-refractivity contribution < 1.29 is 18.1 Å². The minimum atomic E-state index is -3.45. The topological polar surface area (TPSA) is 101 Å². The van der Waals surface area contributed by atoms with E-state index in [1.807, 2.05) is 6.07 Å². The van der Waals surface area contributed by atoms with Crippen molar-refractivity contribution >= 4 is 27.7 Å². The summed E-state index contributed by atoms with van der Waals surface area (Å²) in [7, 11) is -3.45. The quantitative estimate of drug-likeness (QED) is 0.409. The fourth-order valence-electron chi connectivity index (χ4n) is 3.12. The highest BCUT2D eigenvalue weighted by molar-refractivity contribution is 7.88. The van der Waals surface area contributed by atoms with Gasteiger partial charge < -0.3 is 4.90 Å². The molecule has 0 spiro atoms. The molecule has 1 heterocycles. The zero-order valence-electron chi connectivity index (χ0n) is 15.7. The summed E-state index contributed by atoms with van der Waals surface area (Å²) in [5.74, 6) is -0.373. The van der Waals surface area contributed by atoms with Crippen LogP contribution >= 0.6 is 0 Å². The van der Waals surface area contributed by atoms with Gasteiger partial charge in [-0.2, -0.15) is 4.31 Å². The SMILES string of the molecule is O=C(/C=C/c1ccccc1[N+](=O)[O-])N1CCN(S(=O)(=O)Cc2ccccc2)CC1. The van der Waals surface area contributed by atoms with E-state index in [0.717, 1.165) is 5.56 Å². The van der Waals surface area contributed by atoms with E-state index in [1.54, 1.807) is 47.4 Å². The van der Waals surface area contributed by atoms with Gasteiger partial charge in [-0.1, -0.05) is 42.5 Å². The van der Waals surface area contributed by atoms with Crippen molar-refractivity contribution in [2.45, 2.75) is 5.75 Å². The first-order valence-corrected chi connectivity index (χ1v) is 10.7. The summed E-state index contributed by atoms with van der Waals surface area (Å²) in [5.41, 5.74) is 0.988. The Kier molecular flexibility index (Phi) is 6.40. The molecule has 3 rings (SSSR count). The third-order valence-electron chi connectivity index (χ3n) is 4.67. The number of hydrogen-bond acceptors (Lipinski definition) is 5. The molecule has 0 aromatic heterocycles. The number of carbonyl (C=O) groups is 1. The molecule has 0 atom stereocenters. The molecule has 0 N–H and O–H groups in total. The number of nitrogens with zero attached hydrogens (tertiary/aromatic N) is 3. The van der Waals surface area contributed by atoms with Crippen molar-refractivity contribution in [1.82, 2.24) is 9.21 Å². The van der Waals surface area contributed by atoms with E-state index in [1.165, 1.54) is 22.5 Å². The second kappa shape index (κ2) is 8.97. The molecule has 152 valence electrons. The minimum absolute atomic E-state index is 0.0701. The van der Waals surface area contributed by atoms with E-state index in [9.17, 15) is 23.3 Å². The molecule has 1 amide bonds. The van der Waals surface area contributed by atoms with Crippen LogP contribution in [0.5, 0.6) is 0 Å². The van der Waals surface area contributed by atoms with Gasteiger partial charge in [-0.05, 0) is 17.7 Å². The van der Waals surface area contributed by atoms with Gasteiger partial charge in [0, 0.05) is 38.3 Å². The molecule has 2 aromatic carbocycles. The van der Waals surface area contributed by atoms with Crippen molar-refractivity contribution in [1.29, 1.82) is 0 Å². The summed E-state index contributed by atoms with van der Waals surface area (Å²) in [4.78, 5) is 24.5. The first-order valence-electron chi connectivity index (χ1n) is 9.09. The average Bonchev–Trinajstić information content (AvgIpc) is 2.72. The highest BCUT2D eigenvalue weighted by Gasteiger charge is 2.28. The summed E-state index contributed by atoms with van der Waals surface area (Å²) in [6.45, 7) is 0.989. The largest absolute Gasteiger partial charge is 0.337 e. The first-order chi connectivity index (χ1) is 13.9. The van der Waals surface area contributed by atoms with E-state index in [-0.39, 0.29) is 43.5 Å². The molecule has 1 aliphatic heterocycles. The van der Waals surface area contributed by atoms with Crippen molar-refractivity contribution in [3.63, 3.8) is 0 Å². The van der Waals surface area contributed by atoms with E-state index in [2.05, 4.69) is 0 Å². The Morgan fingerprint density at radius 2 is 1.62 bits per heavy atom. The Labute approximate surface area is 169 Å². The monoisotopic (exact) mass is 415 g/mol. The van der Waals surface area contributed by atoms with E-state index < -0.39 is 14.9 Å². The molecule has 8 nitrogen and oxygen atoms in total. The van der Waals surface area contributed by atoms with Crippen molar-refractivity contribution in [2.24, 2.45) is 0 Å². The number of para-hydroxylation sites is 1. The maximum absolute atomic E-state index is 12.6. The van der Waals surface area contributed by atoms with E-state index >= 15 is 0 Å². The lowest BCUT2D eigenvalue weighted by atomic mass is 10.1. The number of carbonyl (C=O) groups excluding carboxylic acids is 1. The van der Waals surface area contributed by atoms with Gasteiger partial charge in [0.1, 0.15) is 0 Å². The van der Waals surface area contributed by atoms with E-state index in [0.29, 0.717) is 5.56 Å². The molecule has 29 heavy (non-hydrogen) atoms. The maximum atomic E-state index is 12.6. The fraction of sp³-hybridized carbons (Fsp3) is 0.250. The van der Waals surface area contributed by atoms with Crippen LogP contribution in [0, 0.1) is 10.1 Å². The third kappa shape index (κ3) is 5.27. The Hall–Kier alpha value is -3.04. The molecule has 0 saturated carbocycles. The van der Waals surface area contributed by atoms with Gasteiger partial charge in [0.2, 0.25) is 15.9 Å². The number of rotatable bonds is 6. The van der Waals surface area contributed by atoms with Crippen LogP contribution in [0.15, 0.2) is 60.7 Å². The van der Waals surface area contributed by atoms with Crippen LogP contribution in [0.1, 0.15) is 11.1 Å². The number of amides is 1. The number of benzene rings is 2. The van der Waals surface area contributed by atoms with Gasteiger partial charge in [-0.3, -0.25) is 14.9 Å². The van der Waals surface area contributed by atoms with E-state index in [4.69, 9.17) is 0 Å². The van der Waals surface area contributed by atoms with Crippen molar-refractivity contribution in [2.75, 3.05) is 26.2 Å². The molecule has 2 aromatic rings.